The Bertz CT molecular complexity index is 1220. The number of methoxy groups -OCH3 is 1. The van der Waals surface area contributed by atoms with Gasteiger partial charge in [-0.2, -0.15) is 0 Å². The Kier molecular flexibility index (Phi) is 8.76. The van der Waals surface area contributed by atoms with Crippen LogP contribution in [0.1, 0.15) is 31.1 Å². The van der Waals surface area contributed by atoms with Crippen LogP contribution in [0, 0.1) is 6.92 Å². The zero-order valence-corrected chi connectivity index (χ0v) is 21.3. The van der Waals surface area contributed by atoms with Crippen LogP contribution in [0.25, 0.3) is 0 Å². The molecule has 3 aromatic rings. The topological polar surface area (TPSA) is 84.9 Å². The maximum Gasteiger partial charge on any atom is 0.412 e. The van der Waals surface area contributed by atoms with Crippen molar-refractivity contribution >= 4 is 27.3 Å². The lowest BCUT2D eigenvalue weighted by Gasteiger charge is -2.23. The fraction of sp³-hybridized carbons (Fsp3) is 0.296. The van der Waals surface area contributed by atoms with Crippen molar-refractivity contribution in [3.63, 3.8) is 0 Å². The van der Waals surface area contributed by atoms with Crippen LogP contribution in [0.5, 0.6) is 5.75 Å². The average molecular weight is 497 g/mol. The lowest BCUT2D eigenvalue weighted by atomic mass is 10.1. The number of nitrogens with zero attached hydrogens (tertiary/aromatic N) is 1. The number of rotatable bonds is 10. The molecule has 1 unspecified atom stereocenters. The molecule has 0 radical (unpaired) electrons. The molecule has 7 nitrogen and oxygen atoms in total. The van der Waals surface area contributed by atoms with Gasteiger partial charge in [0.15, 0.2) is 9.84 Å². The number of carbonyl (C=O) groups is 1. The van der Waals surface area contributed by atoms with E-state index in [1.54, 1.807) is 49.6 Å². The summed E-state index contributed by atoms with van der Waals surface area (Å²) in [7, 11) is -2.17. The Hall–Kier alpha value is -3.52. The average Bonchev–Trinajstić information content (AvgIpc) is 2.86. The number of anilines is 2. The van der Waals surface area contributed by atoms with E-state index in [2.05, 4.69) is 24.1 Å². The maximum atomic E-state index is 13.1. The number of aryl methyl sites for hydroxylation is 1. The molecule has 0 bridgehead atoms. The zero-order chi connectivity index (χ0) is 25.4. The third kappa shape index (κ3) is 6.76. The van der Waals surface area contributed by atoms with Gasteiger partial charge in [0.2, 0.25) is 0 Å². The van der Waals surface area contributed by atoms with Crippen LogP contribution in [-0.2, 0) is 14.6 Å². The van der Waals surface area contributed by atoms with Gasteiger partial charge in [-0.15, -0.1) is 0 Å². The lowest BCUT2D eigenvalue weighted by molar-refractivity contribution is 0.122. The number of amides is 1. The summed E-state index contributed by atoms with van der Waals surface area (Å²) >= 11 is 0. The van der Waals surface area contributed by atoms with Crippen LogP contribution in [-0.4, -0.2) is 40.5 Å². The molecule has 0 aliphatic rings. The normalized spacial score (nSPS) is 12.0. The van der Waals surface area contributed by atoms with Gasteiger partial charge < -0.3 is 14.4 Å². The Morgan fingerprint density at radius 3 is 2.20 bits per heavy atom. The van der Waals surface area contributed by atoms with Crippen molar-refractivity contribution in [2.45, 2.75) is 31.8 Å². The van der Waals surface area contributed by atoms with E-state index in [4.69, 9.17) is 9.47 Å². The van der Waals surface area contributed by atoms with Gasteiger partial charge in [-0.05, 0) is 74.4 Å². The van der Waals surface area contributed by atoms with Crippen LogP contribution >= 0.6 is 0 Å². The summed E-state index contributed by atoms with van der Waals surface area (Å²) in [5.41, 5.74) is 3.10. The second-order valence-corrected chi connectivity index (χ2v) is 10.1. The molecule has 0 aromatic heterocycles. The molecular formula is C27H32N2O5S. The summed E-state index contributed by atoms with van der Waals surface area (Å²) in [4.78, 5) is 15.2. The molecule has 0 aliphatic heterocycles. The fourth-order valence-electron chi connectivity index (χ4n) is 3.78. The van der Waals surface area contributed by atoms with Crippen LogP contribution in [0.3, 0.4) is 0 Å². The number of hydrogen-bond acceptors (Lipinski definition) is 6. The fourth-order valence-corrected chi connectivity index (χ4v) is 5.21. The van der Waals surface area contributed by atoms with Gasteiger partial charge in [0, 0.05) is 24.5 Å². The molecule has 0 fully saturated rings. The predicted octanol–water partition coefficient (Wildman–Crippen LogP) is 5.61. The minimum atomic E-state index is -3.71. The summed E-state index contributed by atoms with van der Waals surface area (Å²) < 4.78 is 37.0. The highest BCUT2D eigenvalue weighted by molar-refractivity contribution is 7.91. The summed E-state index contributed by atoms with van der Waals surface area (Å²) in [5, 5.41) is 2.76. The van der Waals surface area contributed by atoms with E-state index in [0.717, 1.165) is 24.3 Å². The first kappa shape index (κ1) is 26.1. The number of ether oxygens (including phenoxy) is 2. The van der Waals surface area contributed by atoms with E-state index < -0.39 is 27.8 Å². The lowest BCUT2D eigenvalue weighted by Crippen LogP contribution is -2.24. The predicted molar refractivity (Wildman–Crippen MR) is 139 cm³/mol. The van der Waals surface area contributed by atoms with Crippen molar-refractivity contribution in [2.75, 3.05) is 36.2 Å². The summed E-state index contributed by atoms with van der Waals surface area (Å²) in [6.07, 6.45) is -1.74. The first-order chi connectivity index (χ1) is 16.8. The number of carbonyl (C=O) groups excluding carboxylic acids is 1. The van der Waals surface area contributed by atoms with Gasteiger partial charge >= 0.3 is 6.09 Å². The number of benzene rings is 3. The van der Waals surface area contributed by atoms with Gasteiger partial charge in [0.25, 0.3) is 0 Å². The highest BCUT2D eigenvalue weighted by Gasteiger charge is 2.26. The van der Waals surface area contributed by atoms with Crippen molar-refractivity contribution in [3.05, 3.63) is 83.9 Å². The van der Waals surface area contributed by atoms with Crippen LogP contribution in [0.2, 0.25) is 0 Å². The molecule has 0 aliphatic carbocycles. The van der Waals surface area contributed by atoms with Crippen molar-refractivity contribution in [1.82, 2.24) is 0 Å². The molecule has 0 heterocycles. The quantitative estimate of drug-likeness (QED) is 0.393. The molecule has 0 saturated carbocycles. The van der Waals surface area contributed by atoms with Gasteiger partial charge in [0.05, 0.1) is 17.8 Å². The molecule has 0 spiro atoms. The maximum absolute atomic E-state index is 13.1. The SMILES string of the molecule is CCN(CC)c1ccc(NC(=O)OC(CS(=O)(=O)c2ccccc2)c2ccc(OC)cc2)c(C)c1. The molecule has 0 saturated heterocycles. The van der Waals surface area contributed by atoms with E-state index in [0.29, 0.717) is 17.0 Å². The molecular weight excluding hydrogens is 464 g/mol. The first-order valence-corrected chi connectivity index (χ1v) is 13.2. The third-order valence-corrected chi connectivity index (χ3v) is 7.52. The smallest absolute Gasteiger partial charge is 0.412 e. The zero-order valence-electron chi connectivity index (χ0n) is 20.5. The summed E-state index contributed by atoms with van der Waals surface area (Å²) in [6.45, 7) is 7.84. The van der Waals surface area contributed by atoms with Crippen LogP contribution in [0.4, 0.5) is 16.2 Å². The highest BCUT2D eigenvalue weighted by atomic mass is 32.2. The third-order valence-electron chi connectivity index (χ3n) is 5.79. The van der Waals surface area contributed by atoms with Gasteiger partial charge in [-0.3, -0.25) is 5.32 Å². The van der Waals surface area contributed by atoms with E-state index >= 15 is 0 Å². The first-order valence-electron chi connectivity index (χ1n) is 11.5. The van der Waals surface area contributed by atoms with E-state index in [9.17, 15) is 13.2 Å². The van der Waals surface area contributed by atoms with Crippen LogP contribution in [0.15, 0.2) is 77.7 Å². The minimum Gasteiger partial charge on any atom is -0.497 e. The minimum absolute atomic E-state index is 0.172. The second kappa shape index (κ2) is 11.8. The van der Waals surface area contributed by atoms with Crippen molar-refractivity contribution in [3.8, 4) is 5.75 Å². The van der Waals surface area contributed by atoms with Gasteiger partial charge in [-0.1, -0.05) is 30.3 Å². The number of hydrogen-bond donors (Lipinski definition) is 1. The molecule has 3 aromatic carbocycles. The molecule has 1 N–H and O–H groups in total. The molecule has 1 amide bonds. The van der Waals surface area contributed by atoms with Crippen LogP contribution < -0.4 is 15.0 Å². The molecule has 35 heavy (non-hydrogen) atoms. The Morgan fingerprint density at radius 2 is 1.63 bits per heavy atom. The monoisotopic (exact) mass is 496 g/mol. The molecule has 186 valence electrons. The standard InChI is InChI=1S/C27H32N2O5S/c1-5-29(6-2)22-14-17-25(20(3)18-22)28-27(30)34-26(21-12-15-23(33-4)16-13-21)19-35(31,32)24-10-8-7-9-11-24/h7-18,26H,5-6,19H2,1-4H3,(H,28,30). The van der Waals surface area contributed by atoms with E-state index in [1.165, 1.54) is 12.1 Å². The highest BCUT2D eigenvalue weighted by Crippen LogP contribution is 2.27. The number of sulfone groups is 1. The Balaban J connectivity index is 1.82. The molecule has 3 rings (SSSR count). The summed E-state index contributed by atoms with van der Waals surface area (Å²) in [6, 6.07) is 20.7. The second-order valence-electron chi connectivity index (χ2n) is 8.06. The number of nitrogens with one attached hydrogen (secondary N) is 1. The van der Waals surface area contributed by atoms with Crippen molar-refractivity contribution < 1.29 is 22.7 Å². The molecule has 1 atom stereocenters. The van der Waals surface area contributed by atoms with E-state index in [1.807, 2.05) is 25.1 Å². The van der Waals surface area contributed by atoms with Crippen molar-refractivity contribution in [2.24, 2.45) is 0 Å². The Labute approximate surface area is 207 Å². The van der Waals surface area contributed by atoms with E-state index in [-0.39, 0.29) is 4.90 Å². The molecule has 8 heteroatoms. The Morgan fingerprint density at radius 1 is 0.971 bits per heavy atom. The largest absolute Gasteiger partial charge is 0.497 e. The summed E-state index contributed by atoms with van der Waals surface area (Å²) in [5.74, 6) is 0.225. The van der Waals surface area contributed by atoms with Gasteiger partial charge in [-0.25, -0.2) is 13.2 Å². The van der Waals surface area contributed by atoms with Gasteiger partial charge in [0.1, 0.15) is 11.9 Å². The van der Waals surface area contributed by atoms with Crippen molar-refractivity contribution in [1.29, 1.82) is 0 Å².